The molecular formula is C18H18N4O2. The molecule has 1 amide bonds. The van der Waals surface area contributed by atoms with Gasteiger partial charge < -0.3 is 14.6 Å². The molecule has 0 fully saturated rings. The van der Waals surface area contributed by atoms with E-state index in [1.807, 2.05) is 42.7 Å². The number of carbonyl (C=O) groups is 1. The van der Waals surface area contributed by atoms with Gasteiger partial charge in [-0.05, 0) is 50.2 Å². The van der Waals surface area contributed by atoms with Crippen LogP contribution in [0.2, 0.25) is 0 Å². The van der Waals surface area contributed by atoms with Crippen LogP contribution in [0.1, 0.15) is 21.9 Å². The van der Waals surface area contributed by atoms with Crippen molar-refractivity contribution in [1.29, 1.82) is 0 Å². The Kier molecular flexibility index (Phi) is 4.29. The minimum Gasteiger partial charge on any atom is -0.494 e. The summed E-state index contributed by atoms with van der Waals surface area (Å²) in [4.78, 5) is 20.7. The Morgan fingerprint density at radius 2 is 1.88 bits per heavy atom. The molecule has 0 radical (unpaired) electrons. The highest BCUT2D eigenvalue weighted by molar-refractivity contribution is 6.04. The molecule has 122 valence electrons. The molecule has 2 heterocycles. The predicted octanol–water partition coefficient (Wildman–Crippen LogP) is 3.15. The van der Waals surface area contributed by atoms with Crippen molar-refractivity contribution in [2.45, 2.75) is 13.8 Å². The summed E-state index contributed by atoms with van der Waals surface area (Å²) in [5.41, 5.74) is 4.01. The summed E-state index contributed by atoms with van der Waals surface area (Å²) < 4.78 is 7.17. The van der Waals surface area contributed by atoms with Crippen molar-refractivity contribution in [2.75, 3.05) is 12.4 Å². The molecule has 0 aliphatic heterocycles. The molecule has 2 aromatic heterocycles. The second-order valence-corrected chi connectivity index (χ2v) is 5.34. The highest BCUT2D eigenvalue weighted by Crippen LogP contribution is 2.19. The minimum atomic E-state index is -0.310. The third kappa shape index (κ3) is 2.99. The van der Waals surface area contributed by atoms with Gasteiger partial charge in [0.05, 0.1) is 19.1 Å². The van der Waals surface area contributed by atoms with E-state index in [-0.39, 0.29) is 11.6 Å². The van der Waals surface area contributed by atoms with Crippen molar-refractivity contribution in [3.05, 3.63) is 66.0 Å². The first-order valence-electron chi connectivity index (χ1n) is 7.51. The maximum absolute atomic E-state index is 12.3. The zero-order valence-electron chi connectivity index (χ0n) is 13.8. The van der Waals surface area contributed by atoms with Crippen LogP contribution in [-0.4, -0.2) is 27.6 Å². The fourth-order valence-corrected chi connectivity index (χ4v) is 2.38. The number of rotatable bonds is 4. The van der Waals surface area contributed by atoms with E-state index in [4.69, 9.17) is 4.74 Å². The first-order chi connectivity index (χ1) is 11.6. The first-order valence-corrected chi connectivity index (χ1v) is 7.51. The van der Waals surface area contributed by atoms with E-state index < -0.39 is 0 Å². The van der Waals surface area contributed by atoms with Gasteiger partial charge in [-0.25, -0.2) is 9.97 Å². The molecule has 0 aliphatic rings. The number of imidazole rings is 1. The number of nitrogens with zero attached hydrogens (tertiary/aromatic N) is 3. The number of amides is 1. The Bertz CT molecular complexity index is 869. The van der Waals surface area contributed by atoms with Gasteiger partial charge in [0.15, 0.2) is 5.69 Å². The average molecular weight is 322 g/mol. The van der Waals surface area contributed by atoms with Gasteiger partial charge in [0, 0.05) is 23.3 Å². The fourth-order valence-electron chi connectivity index (χ4n) is 2.38. The molecule has 0 spiro atoms. The Morgan fingerprint density at radius 3 is 2.50 bits per heavy atom. The first kappa shape index (κ1) is 15.7. The second-order valence-electron chi connectivity index (χ2n) is 5.34. The molecule has 3 aromatic rings. The van der Waals surface area contributed by atoms with E-state index in [2.05, 4.69) is 15.3 Å². The zero-order valence-corrected chi connectivity index (χ0v) is 13.8. The molecule has 0 unspecified atom stereocenters. The Labute approximate surface area is 140 Å². The van der Waals surface area contributed by atoms with Crippen LogP contribution in [0.3, 0.4) is 0 Å². The summed E-state index contributed by atoms with van der Waals surface area (Å²) >= 11 is 0. The Hall–Kier alpha value is -3.15. The van der Waals surface area contributed by atoms with E-state index in [9.17, 15) is 4.79 Å². The number of benzene rings is 1. The number of aromatic nitrogens is 3. The third-order valence-corrected chi connectivity index (χ3v) is 3.86. The number of aryl methyl sites for hydroxylation is 1. The van der Waals surface area contributed by atoms with Crippen molar-refractivity contribution < 1.29 is 9.53 Å². The lowest BCUT2D eigenvalue weighted by molar-refractivity contribution is 0.101. The maximum Gasteiger partial charge on any atom is 0.278 e. The number of carbonyl (C=O) groups excluding carboxylic acids is 1. The second kappa shape index (κ2) is 6.54. The van der Waals surface area contributed by atoms with Gasteiger partial charge in [-0.2, -0.15) is 0 Å². The fraction of sp³-hybridized carbons (Fsp3) is 0.167. The number of anilines is 1. The molecule has 0 aliphatic carbocycles. The average Bonchev–Trinajstić information content (AvgIpc) is 2.95. The summed E-state index contributed by atoms with van der Waals surface area (Å²) in [6.07, 6.45) is 3.35. The standard InChI is InChI=1S/C18H18N4O2/c1-12-13(2)22(11-20-12)15-8-6-14(7-9-15)21-18(23)17-16(24-3)5-4-10-19-17/h4-11H,1-3H3,(H,21,23). The van der Waals surface area contributed by atoms with Gasteiger partial charge in [-0.3, -0.25) is 4.79 Å². The summed E-state index contributed by atoms with van der Waals surface area (Å²) in [5, 5.41) is 2.83. The van der Waals surface area contributed by atoms with Crippen molar-refractivity contribution in [3.63, 3.8) is 0 Å². The summed E-state index contributed by atoms with van der Waals surface area (Å²) in [6, 6.07) is 11.0. The molecule has 1 N–H and O–H groups in total. The van der Waals surface area contributed by atoms with Gasteiger partial charge in [-0.15, -0.1) is 0 Å². The molecular weight excluding hydrogens is 304 g/mol. The maximum atomic E-state index is 12.3. The normalized spacial score (nSPS) is 10.5. The highest BCUT2D eigenvalue weighted by Gasteiger charge is 2.13. The molecule has 6 nitrogen and oxygen atoms in total. The van der Waals surface area contributed by atoms with E-state index in [1.165, 1.54) is 7.11 Å². The SMILES string of the molecule is COc1cccnc1C(=O)Nc1ccc(-n2cnc(C)c2C)cc1. The van der Waals surface area contributed by atoms with Crippen LogP contribution in [0.25, 0.3) is 5.69 Å². The van der Waals surface area contributed by atoms with Gasteiger partial charge in [0.25, 0.3) is 5.91 Å². The minimum absolute atomic E-state index is 0.255. The number of ether oxygens (including phenoxy) is 1. The van der Waals surface area contributed by atoms with Gasteiger partial charge in [-0.1, -0.05) is 0 Å². The topological polar surface area (TPSA) is 69.0 Å². The molecule has 0 saturated heterocycles. The summed E-state index contributed by atoms with van der Waals surface area (Å²) in [5.74, 6) is 0.131. The van der Waals surface area contributed by atoms with Crippen LogP contribution in [0.5, 0.6) is 5.75 Å². The number of methoxy groups -OCH3 is 1. The smallest absolute Gasteiger partial charge is 0.278 e. The van der Waals surface area contributed by atoms with Crippen molar-refractivity contribution >= 4 is 11.6 Å². The Balaban J connectivity index is 1.79. The number of nitrogens with one attached hydrogen (secondary N) is 1. The zero-order chi connectivity index (χ0) is 17.1. The van der Waals surface area contributed by atoms with Gasteiger partial charge in [0.2, 0.25) is 0 Å². The number of pyridine rings is 1. The molecule has 24 heavy (non-hydrogen) atoms. The van der Waals surface area contributed by atoms with Crippen LogP contribution < -0.4 is 10.1 Å². The molecule has 0 bridgehead atoms. The van der Waals surface area contributed by atoms with Gasteiger partial charge in [0.1, 0.15) is 5.75 Å². The van der Waals surface area contributed by atoms with Crippen LogP contribution in [0.4, 0.5) is 5.69 Å². The van der Waals surface area contributed by atoms with Crippen molar-refractivity contribution in [3.8, 4) is 11.4 Å². The lowest BCUT2D eigenvalue weighted by Gasteiger charge is -2.10. The molecule has 1 aromatic carbocycles. The Morgan fingerprint density at radius 1 is 1.12 bits per heavy atom. The van der Waals surface area contributed by atoms with E-state index in [0.29, 0.717) is 11.4 Å². The van der Waals surface area contributed by atoms with Crippen LogP contribution in [0, 0.1) is 13.8 Å². The van der Waals surface area contributed by atoms with E-state index >= 15 is 0 Å². The molecule has 3 rings (SSSR count). The third-order valence-electron chi connectivity index (χ3n) is 3.86. The largest absolute Gasteiger partial charge is 0.494 e. The van der Waals surface area contributed by atoms with Crippen LogP contribution in [0.15, 0.2) is 48.9 Å². The molecule has 6 heteroatoms. The highest BCUT2D eigenvalue weighted by atomic mass is 16.5. The predicted molar refractivity (Wildman–Crippen MR) is 91.8 cm³/mol. The summed E-state index contributed by atoms with van der Waals surface area (Å²) in [6.45, 7) is 3.99. The summed E-state index contributed by atoms with van der Waals surface area (Å²) in [7, 11) is 1.51. The van der Waals surface area contributed by atoms with Crippen LogP contribution in [-0.2, 0) is 0 Å². The van der Waals surface area contributed by atoms with Gasteiger partial charge >= 0.3 is 0 Å². The van der Waals surface area contributed by atoms with E-state index in [0.717, 1.165) is 17.1 Å². The number of hydrogen-bond acceptors (Lipinski definition) is 4. The lowest BCUT2D eigenvalue weighted by Crippen LogP contribution is -2.14. The van der Waals surface area contributed by atoms with Crippen molar-refractivity contribution in [1.82, 2.24) is 14.5 Å². The monoisotopic (exact) mass is 322 g/mol. The molecule has 0 saturated carbocycles. The lowest BCUT2D eigenvalue weighted by atomic mass is 10.2. The quantitative estimate of drug-likeness (QED) is 0.801. The molecule has 0 atom stereocenters. The number of hydrogen-bond donors (Lipinski definition) is 1. The van der Waals surface area contributed by atoms with Crippen LogP contribution >= 0.6 is 0 Å². The van der Waals surface area contributed by atoms with Crippen molar-refractivity contribution in [2.24, 2.45) is 0 Å². The van der Waals surface area contributed by atoms with E-state index in [1.54, 1.807) is 24.7 Å².